The highest BCUT2D eigenvalue weighted by atomic mass is 16.2. The molecule has 6 N–H and O–H groups in total. The van der Waals surface area contributed by atoms with Crippen LogP contribution in [0.3, 0.4) is 0 Å². The third kappa shape index (κ3) is 4.19. The first-order chi connectivity index (χ1) is 9.88. The van der Waals surface area contributed by atoms with Crippen molar-refractivity contribution in [3.63, 3.8) is 0 Å². The second-order valence-corrected chi connectivity index (χ2v) is 5.79. The Morgan fingerprint density at radius 3 is 2.38 bits per heavy atom. The molecule has 1 aromatic rings. The molecule has 2 rings (SSSR count). The van der Waals surface area contributed by atoms with Crippen molar-refractivity contribution in [2.75, 3.05) is 5.32 Å². The van der Waals surface area contributed by atoms with E-state index < -0.39 is 6.03 Å². The molecule has 0 spiro atoms. The summed E-state index contributed by atoms with van der Waals surface area (Å²) in [5.41, 5.74) is 12.4. The molecule has 1 aromatic carbocycles. The highest BCUT2D eigenvalue weighted by Crippen LogP contribution is 2.32. The molecule has 114 valence electrons. The molecule has 0 aliphatic heterocycles. The minimum absolute atomic E-state index is 0.0240. The number of hydrogen-bond donors (Lipinski definition) is 4. The van der Waals surface area contributed by atoms with E-state index in [1.165, 1.54) is 0 Å². The zero-order valence-electron chi connectivity index (χ0n) is 12.2. The van der Waals surface area contributed by atoms with E-state index in [0.717, 1.165) is 24.8 Å². The molecule has 0 saturated heterocycles. The van der Waals surface area contributed by atoms with Gasteiger partial charge in [-0.2, -0.15) is 0 Å². The van der Waals surface area contributed by atoms with E-state index in [4.69, 9.17) is 11.5 Å². The number of carbonyl (C=O) groups is 2. The Hall–Kier alpha value is -2.08. The first-order valence-electron chi connectivity index (χ1n) is 7.13. The second kappa shape index (κ2) is 6.13. The van der Waals surface area contributed by atoms with Crippen molar-refractivity contribution in [3.8, 4) is 0 Å². The lowest BCUT2D eigenvalue weighted by Crippen LogP contribution is -2.50. The Labute approximate surface area is 124 Å². The zero-order valence-corrected chi connectivity index (χ0v) is 12.2. The van der Waals surface area contributed by atoms with Crippen LogP contribution in [0.25, 0.3) is 0 Å². The molecule has 6 nitrogen and oxygen atoms in total. The fourth-order valence-electron chi connectivity index (χ4n) is 2.50. The molecule has 6 heteroatoms. The largest absolute Gasteiger partial charge is 0.351 e. The Morgan fingerprint density at radius 1 is 1.29 bits per heavy atom. The number of rotatable bonds is 5. The van der Waals surface area contributed by atoms with Gasteiger partial charge in [-0.3, -0.25) is 4.79 Å². The van der Waals surface area contributed by atoms with Gasteiger partial charge in [0.25, 0.3) is 0 Å². The van der Waals surface area contributed by atoms with Gasteiger partial charge in [0.1, 0.15) is 0 Å². The fourth-order valence-corrected chi connectivity index (χ4v) is 2.50. The van der Waals surface area contributed by atoms with Gasteiger partial charge in [0, 0.05) is 17.6 Å². The van der Waals surface area contributed by atoms with Crippen LogP contribution in [-0.4, -0.2) is 17.5 Å². The van der Waals surface area contributed by atoms with Crippen LogP contribution in [0, 0.1) is 0 Å². The topological polar surface area (TPSA) is 110 Å². The van der Waals surface area contributed by atoms with Gasteiger partial charge in [-0.15, -0.1) is 0 Å². The Morgan fingerprint density at radius 2 is 1.90 bits per heavy atom. The number of anilines is 1. The van der Waals surface area contributed by atoms with Crippen LogP contribution in [0.15, 0.2) is 24.3 Å². The van der Waals surface area contributed by atoms with Gasteiger partial charge in [0.2, 0.25) is 5.91 Å². The summed E-state index contributed by atoms with van der Waals surface area (Å²) in [6, 6.07) is 6.48. The molecule has 1 saturated carbocycles. The summed E-state index contributed by atoms with van der Waals surface area (Å²) in [5.74, 6) is -0.0240. The summed E-state index contributed by atoms with van der Waals surface area (Å²) in [5, 5.41) is 5.44. The lowest BCUT2D eigenvalue weighted by molar-refractivity contribution is -0.123. The molecule has 1 unspecified atom stereocenters. The van der Waals surface area contributed by atoms with E-state index in [9.17, 15) is 9.59 Å². The molecular formula is C15H22N4O2. The average molecular weight is 290 g/mol. The third-order valence-corrected chi connectivity index (χ3v) is 3.92. The number of nitrogens with one attached hydrogen (secondary N) is 2. The van der Waals surface area contributed by atoms with Crippen LogP contribution in [0.2, 0.25) is 0 Å². The van der Waals surface area contributed by atoms with Crippen LogP contribution in [-0.2, 0) is 4.79 Å². The highest BCUT2D eigenvalue weighted by molar-refractivity contribution is 5.87. The van der Waals surface area contributed by atoms with Crippen LogP contribution in [0.1, 0.15) is 44.2 Å². The molecule has 0 radical (unpaired) electrons. The number of hydrogen-bond acceptors (Lipinski definition) is 3. The lowest BCUT2D eigenvalue weighted by Gasteiger charge is -2.37. The fraction of sp³-hybridized carbons (Fsp3) is 0.467. The van der Waals surface area contributed by atoms with Gasteiger partial charge in [-0.25, -0.2) is 4.79 Å². The molecule has 1 aliphatic carbocycles. The van der Waals surface area contributed by atoms with Crippen LogP contribution >= 0.6 is 0 Å². The molecular weight excluding hydrogens is 268 g/mol. The zero-order chi connectivity index (χ0) is 15.5. The predicted octanol–water partition coefficient (Wildman–Crippen LogP) is 1.63. The van der Waals surface area contributed by atoms with Gasteiger partial charge in [-0.05, 0) is 43.9 Å². The number of urea groups is 1. The van der Waals surface area contributed by atoms with Crippen LogP contribution in [0.5, 0.6) is 0 Å². The van der Waals surface area contributed by atoms with Gasteiger partial charge in [0.15, 0.2) is 0 Å². The monoisotopic (exact) mass is 290 g/mol. The third-order valence-electron chi connectivity index (χ3n) is 3.92. The molecule has 0 heterocycles. The molecule has 0 aromatic heterocycles. The van der Waals surface area contributed by atoms with Crippen LogP contribution < -0.4 is 22.1 Å². The summed E-state index contributed by atoms with van der Waals surface area (Å²) in [6.45, 7) is 1.92. The summed E-state index contributed by atoms with van der Waals surface area (Å²) < 4.78 is 0. The molecule has 21 heavy (non-hydrogen) atoms. The minimum atomic E-state index is -0.599. The van der Waals surface area contributed by atoms with E-state index in [-0.39, 0.29) is 17.5 Å². The van der Waals surface area contributed by atoms with Crippen molar-refractivity contribution in [1.82, 2.24) is 5.32 Å². The highest BCUT2D eigenvalue weighted by Gasteiger charge is 2.34. The first-order valence-corrected chi connectivity index (χ1v) is 7.13. The maximum Gasteiger partial charge on any atom is 0.316 e. The lowest BCUT2D eigenvalue weighted by atomic mass is 9.75. The summed E-state index contributed by atoms with van der Waals surface area (Å²) in [6.07, 6.45) is 3.32. The van der Waals surface area contributed by atoms with Crippen molar-refractivity contribution < 1.29 is 9.59 Å². The van der Waals surface area contributed by atoms with Crippen molar-refractivity contribution in [1.29, 1.82) is 0 Å². The molecule has 1 atom stereocenters. The van der Waals surface area contributed by atoms with Gasteiger partial charge in [0.05, 0.1) is 6.04 Å². The smallest absolute Gasteiger partial charge is 0.316 e. The van der Waals surface area contributed by atoms with Gasteiger partial charge >= 0.3 is 6.03 Å². The summed E-state index contributed by atoms with van der Waals surface area (Å²) in [4.78, 5) is 22.7. The number of nitrogens with two attached hydrogens (primary N) is 2. The SMILES string of the molecule is CC(NC(=O)CC1(N)CCC1)c1ccc(NC(N)=O)cc1. The van der Waals surface area contributed by atoms with Crippen molar-refractivity contribution >= 4 is 17.6 Å². The maximum atomic E-state index is 12.0. The number of primary amides is 1. The molecule has 1 aliphatic rings. The van der Waals surface area contributed by atoms with Gasteiger partial charge < -0.3 is 22.1 Å². The number of benzene rings is 1. The number of amides is 3. The van der Waals surface area contributed by atoms with E-state index in [2.05, 4.69) is 10.6 Å². The predicted molar refractivity (Wildman–Crippen MR) is 81.6 cm³/mol. The summed E-state index contributed by atoms with van der Waals surface area (Å²) in [7, 11) is 0. The molecule has 0 bridgehead atoms. The van der Waals surface area contributed by atoms with Crippen molar-refractivity contribution in [3.05, 3.63) is 29.8 Å². The van der Waals surface area contributed by atoms with E-state index in [0.29, 0.717) is 12.1 Å². The first kappa shape index (κ1) is 15.3. The minimum Gasteiger partial charge on any atom is -0.351 e. The normalized spacial score (nSPS) is 17.4. The van der Waals surface area contributed by atoms with Crippen molar-refractivity contribution in [2.24, 2.45) is 11.5 Å². The number of carbonyl (C=O) groups excluding carboxylic acids is 2. The average Bonchev–Trinajstić information content (AvgIpc) is 2.36. The quantitative estimate of drug-likeness (QED) is 0.661. The van der Waals surface area contributed by atoms with E-state index in [1.54, 1.807) is 12.1 Å². The maximum absolute atomic E-state index is 12.0. The van der Waals surface area contributed by atoms with Crippen LogP contribution in [0.4, 0.5) is 10.5 Å². The standard InChI is InChI=1S/C15H22N4O2/c1-10(18-13(20)9-15(17)7-2-8-15)11-3-5-12(6-4-11)19-14(16)21/h3-6,10H,2,7-9,17H2,1H3,(H,18,20)(H3,16,19,21). The Balaban J connectivity index is 1.88. The van der Waals surface area contributed by atoms with Gasteiger partial charge in [-0.1, -0.05) is 12.1 Å². The Bertz CT molecular complexity index is 523. The summed E-state index contributed by atoms with van der Waals surface area (Å²) >= 11 is 0. The molecule has 1 fully saturated rings. The van der Waals surface area contributed by atoms with E-state index >= 15 is 0 Å². The molecule has 3 amide bonds. The Kier molecular flexibility index (Phi) is 4.47. The second-order valence-electron chi connectivity index (χ2n) is 5.79. The van der Waals surface area contributed by atoms with Crippen molar-refractivity contribution in [2.45, 2.75) is 44.2 Å². The van der Waals surface area contributed by atoms with E-state index in [1.807, 2.05) is 19.1 Å².